The molecule has 4 amide bonds. The van der Waals surface area contributed by atoms with Crippen LogP contribution >= 0.6 is 0 Å². The Hall–Kier alpha value is -3.53. The predicted octanol–water partition coefficient (Wildman–Crippen LogP) is -6.30. The minimum atomic E-state index is -5.29. The molecule has 442 valence electrons. The van der Waals surface area contributed by atoms with E-state index < -0.39 is 116 Å². The van der Waals surface area contributed by atoms with Gasteiger partial charge >= 0.3 is 148 Å². The summed E-state index contributed by atoms with van der Waals surface area (Å²) in [5.41, 5.74) is 0.982. The zero-order valence-electron chi connectivity index (χ0n) is 51.2. The summed E-state index contributed by atoms with van der Waals surface area (Å²) in [6, 6.07) is 31.3. The van der Waals surface area contributed by atoms with Gasteiger partial charge in [-0.25, -0.2) is 25.3 Å². The van der Waals surface area contributed by atoms with Crippen molar-refractivity contribution in [2.45, 2.75) is 91.7 Å². The molecule has 30 heteroatoms. The molecule has 0 atom stereocenters. The second-order valence-corrected chi connectivity index (χ2v) is 27.4. The quantitative estimate of drug-likeness (QED) is 0.0397. The molecule has 0 aliphatic heterocycles. The molecule has 0 saturated carbocycles. The van der Waals surface area contributed by atoms with E-state index in [1.54, 1.807) is 36.4 Å². The Morgan fingerprint density at radius 2 is 0.756 bits per heavy atom. The van der Waals surface area contributed by atoms with E-state index in [4.69, 9.17) is 0 Å². The van der Waals surface area contributed by atoms with Gasteiger partial charge in [0.25, 0.3) is 23.6 Å². The molecule has 0 aliphatic carbocycles. The Balaban J connectivity index is 0.00000423. The number of hydrogen-bond donors (Lipinski definition) is 4. The fraction of sp³-hybridized carbons (Fsp3) is 0.183. The van der Waals surface area contributed by atoms with Crippen LogP contribution in [0, 0.1) is 13.0 Å². The Morgan fingerprint density at radius 1 is 0.400 bits per heavy atom. The number of ketones is 1. The van der Waals surface area contributed by atoms with Gasteiger partial charge in [-0.3, -0.25) is 32.4 Å². The predicted molar refractivity (Wildman–Crippen MR) is 311 cm³/mol. The first-order chi connectivity index (χ1) is 39.4. The molecule has 90 heavy (non-hydrogen) atoms. The minimum Gasteiger partial charge on any atom is -0.754 e. The van der Waals surface area contributed by atoms with Crippen LogP contribution in [-0.4, -0.2) is 81.3 Å². The van der Waals surface area contributed by atoms with Gasteiger partial charge in [0.15, 0.2) is 0 Å². The summed E-state index contributed by atoms with van der Waals surface area (Å²) < 4.78 is 147. The van der Waals surface area contributed by atoms with Gasteiger partial charge in [0.05, 0.1) is 25.6 Å². The first-order valence-electron chi connectivity index (χ1n) is 25.5. The van der Waals surface area contributed by atoms with Crippen LogP contribution < -0.4 is 169 Å². The molecule has 0 spiro atoms. The Bertz CT molecular complexity index is 4650. The van der Waals surface area contributed by atoms with E-state index in [0.717, 1.165) is 42.5 Å². The number of carbonyl (C=O) groups is 5. The van der Waals surface area contributed by atoms with Gasteiger partial charge in [-0.05, 0) is 123 Å². The Kier molecular flexibility index (Phi) is 28.1. The molecule has 0 bridgehead atoms. The maximum Gasteiger partial charge on any atom is 1.00 e. The van der Waals surface area contributed by atoms with Crippen LogP contribution in [-0.2, 0) is 68.9 Å². The van der Waals surface area contributed by atoms with Crippen LogP contribution in [0.3, 0.4) is 0 Å². The molecule has 8 rings (SSSR count). The molecule has 21 nitrogen and oxygen atoms in total. The monoisotopic (exact) mass is 1340 g/mol. The van der Waals surface area contributed by atoms with Gasteiger partial charge in [-0.2, -0.15) is 18.2 Å². The number of nitrogens with one attached hydrogen (secondary N) is 4. The number of anilines is 4. The zero-order chi connectivity index (χ0) is 62.5. The second kappa shape index (κ2) is 31.4. The molecule has 0 aromatic heterocycles. The number of fused-ring (bicyclic) bond motifs is 2. The summed E-state index contributed by atoms with van der Waals surface area (Å²) in [7, 11) is -20.9. The fourth-order valence-corrected chi connectivity index (χ4v) is 12.5. The van der Waals surface area contributed by atoms with Gasteiger partial charge in [0.1, 0.15) is 36.1 Å². The number of carbonyl (C=O) groups excluding carboxylic acids is 5. The normalized spacial score (nSPS) is 11.7. The van der Waals surface area contributed by atoms with Gasteiger partial charge in [0, 0.05) is 67.8 Å². The Labute approximate surface area is 632 Å². The molecule has 0 unspecified atom stereocenters. The van der Waals surface area contributed by atoms with Crippen LogP contribution in [0.4, 0.5) is 22.7 Å². The average molecular weight is 1340 g/mol. The number of hydrogen-bond acceptors (Lipinski definition) is 17. The number of aryl methyl sites for hydroxylation is 1. The molecule has 0 radical (unpaired) electrons. The summed E-state index contributed by atoms with van der Waals surface area (Å²) in [6.07, 6.45) is -0.279. The third kappa shape index (κ3) is 19.3. The largest absolute Gasteiger partial charge is 1.00 e. The SMILES string of the molecule is Cc1cc(S(=O)(=O)[O-])c2c(NC(=O)c3ccc(C(C)(C)C)c(NC(=O)c4cccc(CC(=O)Cc5cccc(C(=O)Nc6cc(C(=O)Nc7ccc(S(=O)(=O)[O-])c8c[c-]cc(S(=O)(=O)[O-])c78)ccc6C(C)(C)C)c5)c4)c3)ccc(S(=O)(=O)[O-])c2c1.[Na+].[Na+].[Na+].[Na+].[Na+]. The van der Waals surface area contributed by atoms with Gasteiger partial charge in [-0.15, -0.1) is 5.39 Å². The molecule has 8 aromatic carbocycles. The third-order valence-corrected chi connectivity index (χ3v) is 17.0. The van der Waals surface area contributed by atoms with E-state index in [-0.39, 0.29) is 217 Å². The third-order valence-electron chi connectivity index (χ3n) is 13.5. The summed E-state index contributed by atoms with van der Waals surface area (Å²) in [5.74, 6) is -3.27. The van der Waals surface area contributed by atoms with E-state index in [1.165, 1.54) is 61.5 Å². The molecule has 4 N–H and O–H groups in total. The summed E-state index contributed by atoms with van der Waals surface area (Å²) >= 11 is 0. The Morgan fingerprint density at radius 3 is 1.13 bits per heavy atom. The van der Waals surface area contributed by atoms with E-state index in [9.17, 15) is 75.9 Å². The summed E-state index contributed by atoms with van der Waals surface area (Å²) in [4.78, 5) is 65.9. The molecule has 0 aliphatic rings. The average Bonchev–Trinajstić information content (AvgIpc) is 0.797. The topological polar surface area (TPSA) is 362 Å². The maximum atomic E-state index is 14.0. The first kappa shape index (κ1) is 80.7. The van der Waals surface area contributed by atoms with Crippen molar-refractivity contribution in [2.24, 2.45) is 0 Å². The molecule has 0 saturated heterocycles. The summed E-state index contributed by atoms with van der Waals surface area (Å²) in [6.45, 7) is 12.5. The van der Waals surface area contributed by atoms with E-state index in [2.05, 4.69) is 27.3 Å². The van der Waals surface area contributed by atoms with Crippen LogP contribution in [0.2, 0.25) is 0 Å². The zero-order valence-corrected chi connectivity index (χ0v) is 64.5. The van der Waals surface area contributed by atoms with E-state index >= 15 is 0 Å². The standard InChI is InChI=1S/C60H55N4O17S4.5Na/c1-33-25-42-50(83(73,74)75)24-22-46(54(42)52(26-33)85(79,80)81)62-58(69)39-18-20-44(60(5,6)7)48(32-39)64-56(67)37-14-9-12-35(28-37)30-40(65)29-34-11-8-13-36(27-34)55(66)63-47-31-38(17-19-43(47)59(2,3)4)57(68)61-45-21-23-49(82(70,71)72)41-15-10-16-51(53(41)45)84(76,77)78;;;;;/h8-9,11-28,31-32H,29-30H2,1-7H3,(H,61,68)(H,62,69)(H,63,66)(H,64,67)(H,70,71,72)(H,73,74,75)(H,76,77,78)(H,79,80,81);;;;;/q-1;5*+1/p-4. The van der Waals surface area contributed by atoms with Crippen molar-refractivity contribution in [2.75, 3.05) is 21.3 Å². The van der Waals surface area contributed by atoms with Gasteiger partial charge in [0.2, 0.25) is 0 Å². The number of Topliss-reactive ketones (excluding diaryl/α,β-unsaturated/α-hetero) is 1. The fourth-order valence-electron chi connectivity index (χ4n) is 9.70. The van der Waals surface area contributed by atoms with Crippen LogP contribution in [0.5, 0.6) is 0 Å². The summed E-state index contributed by atoms with van der Waals surface area (Å²) in [5, 5.41) is 8.82. The van der Waals surface area contributed by atoms with Crippen molar-refractivity contribution >= 4 is 114 Å². The smallest absolute Gasteiger partial charge is 0.754 e. The van der Waals surface area contributed by atoms with Crippen molar-refractivity contribution in [1.29, 1.82) is 0 Å². The van der Waals surface area contributed by atoms with Crippen LogP contribution in [0.1, 0.15) is 111 Å². The molecule has 8 aromatic rings. The first-order valence-corrected chi connectivity index (χ1v) is 31.1. The minimum absolute atomic E-state index is 0. The van der Waals surface area contributed by atoms with E-state index in [1.807, 2.05) is 41.5 Å². The second-order valence-electron chi connectivity index (χ2n) is 22.0. The van der Waals surface area contributed by atoms with Gasteiger partial charge < -0.3 is 39.5 Å². The van der Waals surface area contributed by atoms with Crippen molar-refractivity contribution in [3.8, 4) is 0 Å². The van der Waals surface area contributed by atoms with Crippen molar-refractivity contribution in [3.63, 3.8) is 0 Å². The van der Waals surface area contributed by atoms with Gasteiger partial charge in [-0.1, -0.05) is 95.5 Å². The molecular formula is C60H51N4Na5O17S4. The molecule has 0 heterocycles. The maximum absolute atomic E-state index is 14.0. The van der Waals surface area contributed by atoms with Crippen molar-refractivity contribution in [3.05, 3.63) is 190 Å². The number of amides is 4. The van der Waals surface area contributed by atoms with E-state index in [0.29, 0.717) is 22.3 Å². The number of rotatable bonds is 16. The number of benzene rings is 8. The van der Waals surface area contributed by atoms with Crippen molar-refractivity contribution < 1.29 is 224 Å². The van der Waals surface area contributed by atoms with Crippen LogP contribution in [0.15, 0.2) is 153 Å². The molecular weight excluding hydrogens is 1290 g/mol. The molecule has 0 fully saturated rings. The van der Waals surface area contributed by atoms with Crippen LogP contribution in [0.25, 0.3) is 21.5 Å². The van der Waals surface area contributed by atoms with Crippen molar-refractivity contribution in [1.82, 2.24) is 0 Å².